The predicted octanol–water partition coefficient (Wildman–Crippen LogP) is 4.25. The number of para-hydroxylation sites is 1. The van der Waals surface area contributed by atoms with E-state index in [1.807, 2.05) is 12.1 Å². The van der Waals surface area contributed by atoms with E-state index >= 15 is 0 Å². The maximum atomic E-state index is 6.03. The molecule has 0 saturated carbocycles. The van der Waals surface area contributed by atoms with Gasteiger partial charge in [0.1, 0.15) is 11.5 Å². The lowest BCUT2D eigenvalue weighted by atomic mass is 9.94. The molecule has 20 heavy (non-hydrogen) atoms. The van der Waals surface area contributed by atoms with Crippen LogP contribution in [0, 0.1) is 13.8 Å². The Morgan fingerprint density at radius 1 is 1.15 bits per heavy atom. The maximum absolute atomic E-state index is 6.03. The lowest BCUT2D eigenvalue weighted by Crippen LogP contribution is -2.19. The van der Waals surface area contributed by atoms with E-state index in [1.165, 1.54) is 16.7 Å². The van der Waals surface area contributed by atoms with Crippen molar-refractivity contribution in [1.29, 1.82) is 0 Å². The molecular weight excluding hydrogens is 248 g/mol. The van der Waals surface area contributed by atoms with E-state index in [-0.39, 0.29) is 0 Å². The van der Waals surface area contributed by atoms with Crippen LogP contribution in [0.2, 0.25) is 0 Å². The Morgan fingerprint density at radius 3 is 2.85 bits per heavy atom. The van der Waals surface area contributed by atoms with Gasteiger partial charge >= 0.3 is 0 Å². The van der Waals surface area contributed by atoms with Gasteiger partial charge in [-0.3, -0.25) is 0 Å². The molecule has 2 aromatic carbocycles. The molecule has 1 aliphatic heterocycles. The second kappa shape index (κ2) is 5.58. The van der Waals surface area contributed by atoms with Crippen molar-refractivity contribution in [2.75, 3.05) is 13.2 Å². The van der Waals surface area contributed by atoms with Crippen molar-refractivity contribution in [2.45, 2.75) is 26.2 Å². The maximum Gasteiger partial charge on any atom is 0.122 e. The lowest BCUT2D eigenvalue weighted by molar-refractivity contribution is 0.217. The Labute approximate surface area is 120 Å². The molecule has 1 unspecified atom stereocenters. The Morgan fingerprint density at radius 2 is 2.00 bits per heavy atom. The predicted molar refractivity (Wildman–Crippen MR) is 80.7 cm³/mol. The molecule has 2 heteroatoms. The van der Waals surface area contributed by atoms with Gasteiger partial charge in [0.25, 0.3) is 0 Å². The van der Waals surface area contributed by atoms with E-state index in [0.717, 1.165) is 24.5 Å². The van der Waals surface area contributed by atoms with Gasteiger partial charge in [0.2, 0.25) is 0 Å². The number of aryl methyl sites for hydroxylation is 2. The number of hydrogen-bond acceptors (Lipinski definition) is 2. The molecule has 2 nitrogen and oxygen atoms in total. The van der Waals surface area contributed by atoms with E-state index in [2.05, 4.69) is 44.2 Å². The molecule has 0 bridgehead atoms. The van der Waals surface area contributed by atoms with E-state index in [0.29, 0.717) is 12.5 Å². The first-order valence-electron chi connectivity index (χ1n) is 7.16. The molecular formula is C18H20O2. The Hall–Kier alpha value is -1.96. The summed E-state index contributed by atoms with van der Waals surface area (Å²) in [7, 11) is 0. The molecule has 1 heterocycles. The Kier molecular flexibility index (Phi) is 3.64. The van der Waals surface area contributed by atoms with E-state index in [1.54, 1.807) is 0 Å². The summed E-state index contributed by atoms with van der Waals surface area (Å²) in [5.41, 5.74) is 3.74. The molecule has 0 N–H and O–H groups in total. The van der Waals surface area contributed by atoms with E-state index in [9.17, 15) is 0 Å². The van der Waals surface area contributed by atoms with Crippen molar-refractivity contribution in [3.8, 4) is 11.5 Å². The zero-order chi connectivity index (χ0) is 13.9. The summed E-state index contributed by atoms with van der Waals surface area (Å²) in [6.45, 7) is 5.69. The summed E-state index contributed by atoms with van der Waals surface area (Å²) in [6.07, 6.45) is 1.02. The normalized spacial score (nSPS) is 17.2. The quantitative estimate of drug-likeness (QED) is 0.828. The van der Waals surface area contributed by atoms with Crippen LogP contribution in [0.15, 0.2) is 42.5 Å². The largest absolute Gasteiger partial charge is 0.493 e. The van der Waals surface area contributed by atoms with Crippen LogP contribution in [0.3, 0.4) is 0 Å². The topological polar surface area (TPSA) is 18.5 Å². The number of hydrogen-bond donors (Lipinski definition) is 0. The number of rotatable bonds is 3. The highest BCUT2D eigenvalue weighted by Gasteiger charge is 2.21. The van der Waals surface area contributed by atoms with Crippen LogP contribution in [-0.4, -0.2) is 13.2 Å². The molecule has 1 atom stereocenters. The molecule has 3 rings (SSSR count). The van der Waals surface area contributed by atoms with Gasteiger partial charge in [-0.15, -0.1) is 0 Å². The van der Waals surface area contributed by atoms with Gasteiger partial charge in [0, 0.05) is 11.5 Å². The summed E-state index contributed by atoms with van der Waals surface area (Å²) in [5, 5.41) is 0. The number of fused-ring (bicyclic) bond motifs is 1. The average Bonchev–Trinajstić information content (AvgIpc) is 2.46. The minimum Gasteiger partial charge on any atom is -0.493 e. The molecule has 2 aromatic rings. The van der Waals surface area contributed by atoms with Crippen molar-refractivity contribution >= 4 is 0 Å². The summed E-state index contributed by atoms with van der Waals surface area (Å²) in [5.74, 6) is 2.41. The van der Waals surface area contributed by atoms with Gasteiger partial charge < -0.3 is 9.47 Å². The number of benzene rings is 2. The van der Waals surface area contributed by atoms with Crippen LogP contribution in [0.4, 0.5) is 0 Å². The van der Waals surface area contributed by atoms with Gasteiger partial charge in [-0.1, -0.05) is 35.9 Å². The molecule has 0 radical (unpaired) electrons. The van der Waals surface area contributed by atoms with Crippen molar-refractivity contribution in [3.63, 3.8) is 0 Å². The van der Waals surface area contributed by atoms with Gasteiger partial charge in [-0.2, -0.15) is 0 Å². The van der Waals surface area contributed by atoms with Crippen LogP contribution < -0.4 is 9.47 Å². The zero-order valence-corrected chi connectivity index (χ0v) is 12.1. The van der Waals surface area contributed by atoms with Gasteiger partial charge in [-0.25, -0.2) is 0 Å². The average molecular weight is 268 g/mol. The van der Waals surface area contributed by atoms with Crippen LogP contribution in [0.5, 0.6) is 11.5 Å². The van der Waals surface area contributed by atoms with E-state index in [4.69, 9.17) is 9.47 Å². The highest BCUT2D eigenvalue weighted by Crippen LogP contribution is 2.34. The molecule has 0 saturated heterocycles. The van der Waals surface area contributed by atoms with Crippen LogP contribution >= 0.6 is 0 Å². The van der Waals surface area contributed by atoms with Crippen molar-refractivity contribution < 1.29 is 9.47 Å². The Bertz CT molecular complexity index is 604. The monoisotopic (exact) mass is 268 g/mol. The van der Waals surface area contributed by atoms with Crippen molar-refractivity contribution in [3.05, 3.63) is 59.2 Å². The van der Waals surface area contributed by atoms with Crippen molar-refractivity contribution in [1.82, 2.24) is 0 Å². The first-order valence-corrected chi connectivity index (χ1v) is 7.16. The molecule has 0 aliphatic carbocycles. The van der Waals surface area contributed by atoms with Gasteiger partial charge in [0.05, 0.1) is 13.2 Å². The third kappa shape index (κ3) is 2.64. The second-order valence-electron chi connectivity index (χ2n) is 5.45. The summed E-state index contributed by atoms with van der Waals surface area (Å²) in [4.78, 5) is 0. The summed E-state index contributed by atoms with van der Waals surface area (Å²) in [6, 6.07) is 14.6. The molecule has 1 aliphatic rings. The smallest absolute Gasteiger partial charge is 0.122 e. The highest BCUT2D eigenvalue weighted by molar-refractivity contribution is 5.39. The standard InChI is InChI=1S/C18H20O2/c1-13-7-8-17(14(2)11-13)20-12-15-9-10-19-18-6-4-3-5-16(15)18/h3-8,11,15H,9-10,12H2,1-2H3. The minimum absolute atomic E-state index is 0.417. The fourth-order valence-electron chi connectivity index (χ4n) is 2.74. The molecule has 104 valence electrons. The molecule has 0 amide bonds. The second-order valence-corrected chi connectivity index (χ2v) is 5.45. The summed E-state index contributed by atoms with van der Waals surface area (Å²) < 4.78 is 11.7. The SMILES string of the molecule is Cc1ccc(OCC2CCOc3ccccc32)c(C)c1. The third-order valence-electron chi connectivity index (χ3n) is 3.85. The molecule has 0 aromatic heterocycles. The highest BCUT2D eigenvalue weighted by atomic mass is 16.5. The first kappa shape index (κ1) is 13.0. The molecule has 0 fully saturated rings. The van der Waals surface area contributed by atoms with Crippen LogP contribution in [-0.2, 0) is 0 Å². The number of ether oxygens (including phenoxy) is 2. The lowest BCUT2D eigenvalue weighted by Gasteiger charge is -2.26. The molecule has 0 spiro atoms. The van der Waals surface area contributed by atoms with Crippen LogP contribution in [0.25, 0.3) is 0 Å². The fraction of sp³-hybridized carbons (Fsp3) is 0.333. The van der Waals surface area contributed by atoms with Crippen LogP contribution in [0.1, 0.15) is 29.0 Å². The van der Waals surface area contributed by atoms with E-state index < -0.39 is 0 Å². The van der Waals surface area contributed by atoms with Gasteiger partial charge in [-0.05, 0) is 38.0 Å². The Balaban J connectivity index is 1.73. The third-order valence-corrected chi connectivity index (χ3v) is 3.85. The summed E-state index contributed by atoms with van der Waals surface area (Å²) >= 11 is 0. The first-order chi connectivity index (χ1) is 9.74. The minimum atomic E-state index is 0.417. The zero-order valence-electron chi connectivity index (χ0n) is 12.1. The fourth-order valence-corrected chi connectivity index (χ4v) is 2.74. The van der Waals surface area contributed by atoms with Crippen molar-refractivity contribution in [2.24, 2.45) is 0 Å². The van der Waals surface area contributed by atoms with Gasteiger partial charge in [0.15, 0.2) is 0 Å².